The molecule has 0 aliphatic rings. The Morgan fingerprint density at radius 2 is 1.88 bits per heavy atom. The Kier molecular flexibility index (Phi) is 5.24. The van der Waals surface area contributed by atoms with Gasteiger partial charge < -0.3 is 5.32 Å². The Hall–Kier alpha value is -2.53. The molecule has 0 aliphatic heterocycles. The highest BCUT2D eigenvalue weighted by molar-refractivity contribution is 7.09. The molecule has 128 valence electrons. The van der Waals surface area contributed by atoms with E-state index in [1.807, 2.05) is 54.8 Å². The van der Waals surface area contributed by atoms with Gasteiger partial charge >= 0.3 is 0 Å². The van der Waals surface area contributed by atoms with E-state index in [4.69, 9.17) is 0 Å². The molecular weight excluding hydrogens is 330 g/mol. The minimum absolute atomic E-state index is 0.122. The molecule has 3 rings (SSSR count). The van der Waals surface area contributed by atoms with E-state index in [0.29, 0.717) is 18.0 Å². The van der Waals surface area contributed by atoms with Gasteiger partial charge in [-0.05, 0) is 19.1 Å². The Morgan fingerprint density at radius 1 is 1.12 bits per heavy atom. The molecule has 2 aromatic heterocycles. The van der Waals surface area contributed by atoms with E-state index in [1.54, 1.807) is 11.3 Å². The molecule has 1 N–H and O–H groups in total. The number of hydrogen-bond acceptors (Lipinski definition) is 4. The number of amides is 1. The fraction of sp³-hybridized carbons (Fsp3) is 0.250. The first-order valence-corrected chi connectivity index (χ1v) is 9.18. The van der Waals surface area contributed by atoms with E-state index in [9.17, 15) is 4.79 Å². The molecule has 0 spiro atoms. The highest BCUT2D eigenvalue weighted by Crippen LogP contribution is 2.20. The normalized spacial score (nSPS) is 10.9. The van der Waals surface area contributed by atoms with E-state index in [2.05, 4.69) is 29.1 Å². The van der Waals surface area contributed by atoms with E-state index in [-0.39, 0.29) is 5.91 Å². The lowest BCUT2D eigenvalue weighted by Crippen LogP contribution is -2.24. The molecule has 0 aliphatic carbocycles. The number of aryl methyl sites for hydroxylation is 1. The molecule has 5 heteroatoms. The van der Waals surface area contributed by atoms with Gasteiger partial charge in [-0.2, -0.15) is 0 Å². The van der Waals surface area contributed by atoms with Crippen molar-refractivity contribution < 1.29 is 4.79 Å². The van der Waals surface area contributed by atoms with Crippen LogP contribution in [0.15, 0.2) is 47.8 Å². The number of hydrogen-bond donors (Lipinski definition) is 1. The van der Waals surface area contributed by atoms with Crippen molar-refractivity contribution in [1.29, 1.82) is 0 Å². The molecular formula is C20H21N3OS. The summed E-state index contributed by atoms with van der Waals surface area (Å²) in [7, 11) is 0. The van der Waals surface area contributed by atoms with Crippen molar-refractivity contribution in [2.24, 2.45) is 0 Å². The number of benzene rings is 1. The van der Waals surface area contributed by atoms with Gasteiger partial charge in [-0.3, -0.25) is 9.78 Å². The van der Waals surface area contributed by atoms with Crippen molar-refractivity contribution in [3.63, 3.8) is 0 Å². The Morgan fingerprint density at radius 3 is 2.52 bits per heavy atom. The number of nitrogens with one attached hydrogen (secondary N) is 1. The number of rotatable bonds is 5. The van der Waals surface area contributed by atoms with Gasteiger partial charge in [-0.1, -0.05) is 44.2 Å². The van der Waals surface area contributed by atoms with Crippen LogP contribution in [-0.4, -0.2) is 15.9 Å². The maximum atomic E-state index is 12.5. The maximum absolute atomic E-state index is 12.5. The Bertz CT molecular complexity index is 872. The van der Waals surface area contributed by atoms with E-state index in [0.717, 1.165) is 27.7 Å². The second kappa shape index (κ2) is 7.57. The van der Waals surface area contributed by atoms with Crippen molar-refractivity contribution in [2.75, 3.05) is 0 Å². The number of carbonyl (C=O) groups excluding carboxylic acids is 1. The topological polar surface area (TPSA) is 54.9 Å². The first kappa shape index (κ1) is 17.3. The van der Waals surface area contributed by atoms with Crippen LogP contribution in [-0.2, 0) is 6.54 Å². The monoisotopic (exact) mass is 351 g/mol. The van der Waals surface area contributed by atoms with Gasteiger partial charge in [-0.25, -0.2) is 4.98 Å². The van der Waals surface area contributed by atoms with E-state index >= 15 is 0 Å². The van der Waals surface area contributed by atoms with Crippen molar-refractivity contribution in [3.8, 4) is 11.3 Å². The smallest absolute Gasteiger partial charge is 0.253 e. The van der Waals surface area contributed by atoms with Crippen LogP contribution in [0.1, 0.15) is 46.5 Å². The second-order valence-corrected chi connectivity index (χ2v) is 7.10. The summed E-state index contributed by atoms with van der Waals surface area (Å²) in [5.74, 6) is 0.287. The van der Waals surface area contributed by atoms with E-state index < -0.39 is 0 Å². The SMILES string of the molecule is Cc1nc(-c2ccccc2)ccc1C(=O)NCc1csc(C(C)C)n1. The van der Waals surface area contributed by atoms with Crippen LogP contribution in [0.3, 0.4) is 0 Å². The lowest BCUT2D eigenvalue weighted by Gasteiger charge is -2.08. The van der Waals surface area contributed by atoms with Gasteiger partial charge in [-0.15, -0.1) is 11.3 Å². The summed E-state index contributed by atoms with van der Waals surface area (Å²) in [6, 6.07) is 13.7. The molecule has 25 heavy (non-hydrogen) atoms. The van der Waals surface area contributed by atoms with Crippen LogP contribution in [0.2, 0.25) is 0 Å². The number of pyridine rings is 1. The summed E-state index contributed by atoms with van der Waals surface area (Å²) in [4.78, 5) is 21.6. The molecule has 0 saturated heterocycles. The average molecular weight is 351 g/mol. The number of nitrogens with zero attached hydrogens (tertiary/aromatic N) is 2. The number of carbonyl (C=O) groups is 1. The molecule has 4 nitrogen and oxygen atoms in total. The van der Waals surface area contributed by atoms with Crippen LogP contribution in [0.4, 0.5) is 0 Å². The third-order valence-electron chi connectivity index (χ3n) is 3.89. The molecule has 0 bridgehead atoms. The third-order valence-corrected chi connectivity index (χ3v) is 5.09. The third kappa shape index (κ3) is 4.12. The van der Waals surface area contributed by atoms with Crippen molar-refractivity contribution >= 4 is 17.2 Å². The Balaban J connectivity index is 1.69. The predicted octanol–water partition coefficient (Wildman–Crippen LogP) is 4.57. The first-order valence-electron chi connectivity index (χ1n) is 8.30. The highest BCUT2D eigenvalue weighted by atomic mass is 32.1. The van der Waals surface area contributed by atoms with Crippen molar-refractivity contribution in [1.82, 2.24) is 15.3 Å². The molecule has 1 amide bonds. The van der Waals surface area contributed by atoms with Gasteiger partial charge in [0, 0.05) is 16.9 Å². The summed E-state index contributed by atoms with van der Waals surface area (Å²) in [6.07, 6.45) is 0. The van der Waals surface area contributed by atoms with Gasteiger partial charge in [0.15, 0.2) is 0 Å². The van der Waals surface area contributed by atoms with Crippen molar-refractivity contribution in [2.45, 2.75) is 33.2 Å². The lowest BCUT2D eigenvalue weighted by atomic mass is 10.1. The Labute approximate surface area is 152 Å². The minimum atomic E-state index is -0.122. The quantitative estimate of drug-likeness (QED) is 0.733. The standard InChI is InChI=1S/C20H21N3OS/c1-13(2)20-23-16(12-25-20)11-21-19(24)17-9-10-18(22-14(17)3)15-7-5-4-6-8-15/h4-10,12-13H,11H2,1-3H3,(H,21,24). The fourth-order valence-corrected chi connectivity index (χ4v) is 3.34. The largest absolute Gasteiger partial charge is 0.346 e. The van der Waals surface area contributed by atoms with Crippen LogP contribution in [0.25, 0.3) is 11.3 Å². The van der Waals surface area contributed by atoms with Crippen LogP contribution >= 0.6 is 11.3 Å². The molecule has 0 fully saturated rings. The van der Waals surface area contributed by atoms with Gasteiger partial charge in [0.05, 0.1) is 34.2 Å². The molecule has 2 heterocycles. The fourth-order valence-electron chi connectivity index (χ4n) is 2.51. The van der Waals surface area contributed by atoms with E-state index in [1.165, 1.54) is 0 Å². The minimum Gasteiger partial charge on any atom is -0.346 e. The summed E-state index contributed by atoms with van der Waals surface area (Å²) >= 11 is 1.63. The zero-order valence-electron chi connectivity index (χ0n) is 14.6. The predicted molar refractivity (Wildman–Crippen MR) is 102 cm³/mol. The molecule has 0 saturated carbocycles. The lowest BCUT2D eigenvalue weighted by molar-refractivity contribution is 0.0949. The second-order valence-electron chi connectivity index (χ2n) is 6.21. The summed E-state index contributed by atoms with van der Waals surface area (Å²) in [5, 5.41) is 6.02. The molecule has 1 aromatic carbocycles. The van der Waals surface area contributed by atoms with Crippen LogP contribution in [0, 0.1) is 6.92 Å². The highest BCUT2D eigenvalue weighted by Gasteiger charge is 2.12. The molecule has 0 unspecified atom stereocenters. The van der Waals surface area contributed by atoms with Gasteiger partial charge in [0.1, 0.15) is 0 Å². The number of aromatic nitrogens is 2. The van der Waals surface area contributed by atoms with Crippen LogP contribution < -0.4 is 5.32 Å². The average Bonchev–Trinajstić information content (AvgIpc) is 3.10. The van der Waals surface area contributed by atoms with Gasteiger partial charge in [0.2, 0.25) is 0 Å². The molecule has 3 aromatic rings. The van der Waals surface area contributed by atoms with Crippen molar-refractivity contribution in [3.05, 3.63) is 69.8 Å². The first-order chi connectivity index (χ1) is 12.0. The summed E-state index contributed by atoms with van der Waals surface area (Å²) < 4.78 is 0. The summed E-state index contributed by atoms with van der Waals surface area (Å²) in [6.45, 7) is 6.53. The zero-order chi connectivity index (χ0) is 17.8. The molecule has 0 atom stereocenters. The molecule has 0 radical (unpaired) electrons. The summed E-state index contributed by atoms with van der Waals surface area (Å²) in [5.41, 5.74) is 4.13. The van der Waals surface area contributed by atoms with Crippen LogP contribution in [0.5, 0.6) is 0 Å². The number of thiazole rings is 1. The van der Waals surface area contributed by atoms with Gasteiger partial charge in [0.25, 0.3) is 5.91 Å². The zero-order valence-corrected chi connectivity index (χ0v) is 15.4. The maximum Gasteiger partial charge on any atom is 0.253 e.